The molecule has 3 atom stereocenters. The van der Waals surface area contributed by atoms with Gasteiger partial charge in [0.25, 0.3) is 0 Å². The number of hydrogen-bond acceptors (Lipinski definition) is 6. The topological polar surface area (TPSA) is 100 Å². The van der Waals surface area contributed by atoms with Gasteiger partial charge >= 0.3 is 0 Å². The van der Waals surface area contributed by atoms with Crippen LogP contribution in [0.2, 0.25) is 0 Å². The average Bonchev–Trinajstić information content (AvgIpc) is 2.97. The number of para-hydroxylation sites is 1. The lowest BCUT2D eigenvalue weighted by molar-refractivity contribution is -0.120. The maximum Gasteiger partial charge on any atom is 0.233 e. The van der Waals surface area contributed by atoms with E-state index < -0.39 is 12.1 Å². The Morgan fingerprint density at radius 1 is 1.04 bits per heavy atom. The molecule has 0 saturated carbocycles. The van der Waals surface area contributed by atoms with Crippen molar-refractivity contribution in [1.82, 2.24) is 10.9 Å². The van der Waals surface area contributed by atoms with Crippen LogP contribution < -0.4 is 32.0 Å². The van der Waals surface area contributed by atoms with Gasteiger partial charge in [0, 0.05) is 11.4 Å². The fraction of sp³-hybridized carbons (Fsp3) is 0.235. The predicted molar refractivity (Wildman–Crippen MR) is 93.2 cm³/mol. The Morgan fingerprint density at radius 2 is 1.75 bits per heavy atom. The summed E-state index contributed by atoms with van der Waals surface area (Å²) in [6.45, 7) is 0. The highest BCUT2D eigenvalue weighted by atomic mass is 16.5. The Hall–Kier alpha value is -2.61. The molecule has 0 spiro atoms. The van der Waals surface area contributed by atoms with Crippen LogP contribution in [0.1, 0.15) is 0 Å². The van der Waals surface area contributed by atoms with E-state index in [1.165, 1.54) is 0 Å². The summed E-state index contributed by atoms with van der Waals surface area (Å²) < 4.78 is 5.11. The van der Waals surface area contributed by atoms with Crippen LogP contribution in [0.5, 0.6) is 5.75 Å². The standard InChI is InChI=1S/C17H21N5O2/c1-24-13-9-7-12(8-10-13)20-17(23)14-15(18)21-22-16(14)19-11-5-3-2-4-6-11/h2-10,14-16,19,21-22H,18H2,1H3,(H,20,23). The molecule has 126 valence electrons. The van der Waals surface area contributed by atoms with E-state index in [4.69, 9.17) is 10.5 Å². The third-order valence-electron chi connectivity index (χ3n) is 3.91. The maximum absolute atomic E-state index is 12.6. The molecule has 2 aromatic rings. The fourth-order valence-corrected chi connectivity index (χ4v) is 2.63. The quantitative estimate of drug-likeness (QED) is 0.563. The third kappa shape index (κ3) is 3.65. The molecule has 1 aliphatic heterocycles. The lowest BCUT2D eigenvalue weighted by atomic mass is 10.0. The molecule has 0 aliphatic carbocycles. The molecule has 7 heteroatoms. The smallest absolute Gasteiger partial charge is 0.233 e. The molecule has 3 unspecified atom stereocenters. The molecule has 2 aromatic carbocycles. The highest BCUT2D eigenvalue weighted by Crippen LogP contribution is 2.20. The minimum absolute atomic E-state index is 0.168. The van der Waals surface area contributed by atoms with Crippen molar-refractivity contribution in [3.05, 3.63) is 54.6 Å². The van der Waals surface area contributed by atoms with E-state index in [9.17, 15) is 4.79 Å². The van der Waals surface area contributed by atoms with Gasteiger partial charge in [0.05, 0.1) is 13.3 Å². The predicted octanol–water partition coefficient (Wildman–Crippen LogP) is 1.08. The molecule has 3 rings (SSSR count). The van der Waals surface area contributed by atoms with Crippen molar-refractivity contribution >= 4 is 17.3 Å². The van der Waals surface area contributed by atoms with Gasteiger partial charge in [0.1, 0.15) is 17.8 Å². The number of rotatable bonds is 5. The van der Waals surface area contributed by atoms with Gasteiger partial charge in [-0.15, -0.1) is 0 Å². The number of nitrogens with one attached hydrogen (secondary N) is 4. The zero-order chi connectivity index (χ0) is 16.9. The van der Waals surface area contributed by atoms with Crippen LogP contribution in [0.15, 0.2) is 54.6 Å². The number of carbonyl (C=O) groups excluding carboxylic acids is 1. The molecule has 7 nitrogen and oxygen atoms in total. The molecule has 0 bridgehead atoms. The Bertz CT molecular complexity index is 677. The normalized spacial score (nSPS) is 22.8. The van der Waals surface area contributed by atoms with Crippen molar-refractivity contribution in [3.8, 4) is 5.75 Å². The van der Waals surface area contributed by atoms with Crippen molar-refractivity contribution in [1.29, 1.82) is 0 Å². The first kappa shape index (κ1) is 16.3. The van der Waals surface area contributed by atoms with E-state index in [0.29, 0.717) is 5.69 Å². The van der Waals surface area contributed by atoms with Gasteiger partial charge in [-0.2, -0.15) is 0 Å². The second-order valence-electron chi connectivity index (χ2n) is 5.55. The first-order valence-electron chi connectivity index (χ1n) is 7.70. The van der Waals surface area contributed by atoms with Gasteiger partial charge < -0.3 is 21.1 Å². The fourth-order valence-electron chi connectivity index (χ4n) is 2.63. The zero-order valence-electron chi connectivity index (χ0n) is 13.3. The molecular formula is C17H21N5O2. The Labute approximate surface area is 140 Å². The van der Waals surface area contributed by atoms with E-state index >= 15 is 0 Å². The lowest BCUT2D eigenvalue weighted by Crippen LogP contribution is -2.45. The summed E-state index contributed by atoms with van der Waals surface area (Å²) >= 11 is 0. The summed E-state index contributed by atoms with van der Waals surface area (Å²) in [5, 5.41) is 6.16. The van der Waals surface area contributed by atoms with E-state index in [0.717, 1.165) is 11.4 Å². The minimum Gasteiger partial charge on any atom is -0.497 e. The van der Waals surface area contributed by atoms with Crippen LogP contribution in [0.3, 0.4) is 0 Å². The van der Waals surface area contributed by atoms with Crippen LogP contribution in [0.4, 0.5) is 11.4 Å². The summed E-state index contributed by atoms with van der Waals surface area (Å²) in [6, 6.07) is 16.8. The third-order valence-corrected chi connectivity index (χ3v) is 3.91. The molecule has 1 fully saturated rings. The van der Waals surface area contributed by atoms with E-state index in [-0.39, 0.29) is 12.1 Å². The highest BCUT2D eigenvalue weighted by molar-refractivity contribution is 5.94. The summed E-state index contributed by atoms with van der Waals surface area (Å²) in [4.78, 5) is 12.6. The SMILES string of the molecule is COc1ccc(NC(=O)C2C(N)NNC2Nc2ccccc2)cc1. The summed E-state index contributed by atoms with van der Waals surface area (Å²) in [5.74, 6) is 0.0865. The van der Waals surface area contributed by atoms with Crippen LogP contribution in [-0.4, -0.2) is 25.3 Å². The van der Waals surface area contributed by atoms with Gasteiger partial charge in [-0.3, -0.25) is 4.79 Å². The molecule has 1 heterocycles. The van der Waals surface area contributed by atoms with Gasteiger partial charge in [-0.05, 0) is 36.4 Å². The van der Waals surface area contributed by atoms with Gasteiger partial charge in [0.15, 0.2) is 0 Å². The number of carbonyl (C=O) groups is 1. The number of nitrogens with two attached hydrogens (primary N) is 1. The van der Waals surface area contributed by atoms with Gasteiger partial charge in [0.2, 0.25) is 5.91 Å². The minimum atomic E-state index is -0.496. The average molecular weight is 327 g/mol. The number of hydrazine groups is 1. The van der Waals surface area contributed by atoms with Gasteiger partial charge in [-0.25, -0.2) is 10.9 Å². The number of methoxy groups -OCH3 is 1. The molecule has 0 aromatic heterocycles. The number of amides is 1. The summed E-state index contributed by atoms with van der Waals surface area (Å²) in [5.41, 5.74) is 13.6. The number of hydrogen-bond donors (Lipinski definition) is 5. The first-order valence-corrected chi connectivity index (χ1v) is 7.70. The van der Waals surface area contributed by atoms with Crippen LogP contribution in [-0.2, 0) is 4.79 Å². The van der Waals surface area contributed by atoms with Crippen molar-refractivity contribution in [2.24, 2.45) is 11.7 Å². The molecule has 1 amide bonds. The monoisotopic (exact) mass is 327 g/mol. The maximum atomic E-state index is 12.6. The van der Waals surface area contributed by atoms with Crippen LogP contribution >= 0.6 is 0 Å². The molecule has 1 aliphatic rings. The second kappa shape index (κ2) is 7.31. The van der Waals surface area contributed by atoms with E-state index in [1.807, 2.05) is 30.3 Å². The number of ether oxygens (including phenoxy) is 1. The van der Waals surface area contributed by atoms with Gasteiger partial charge in [-0.1, -0.05) is 18.2 Å². The lowest BCUT2D eigenvalue weighted by Gasteiger charge is -2.22. The summed E-state index contributed by atoms with van der Waals surface area (Å²) in [7, 11) is 1.60. The second-order valence-corrected chi connectivity index (χ2v) is 5.55. The van der Waals surface area contributed by atoms with Crippen molar-refractivity contribution in [3.63, 3.8) is 0 Å². The Kier molecular flexibility index (Phi) is 4.95. The van der Waals surface area contributed by atoms with Crippen molar-refractivity contribution < 1.29 is 9.53 Å². The molecule has 0 radical (unpaired) electrons. The Balaban J connectivity index is 1.68. The first-order chi connectivity index (χ1) is 11.7. The molecule has 1 saturated heterocycles. The molecule has 24 heavy (non-hydrogen) atoms. The summed E-state index contributed by atoms with van der Waals surface area (Å²) in [6.07, 6.45) is -0.815. The molecular weight excluding hydrogens is 306 g/mol. The highest BCUT2D eigenvalue weighted by Gasteiger charge is 2.39. The number of benzene rings is 2. The van der Waals surface area contributed by atoms with Crippen molar-refractivity contribution in [2.75, 3.05) is 17.7 Å². The van der Waals surface area contributed by atoms with E-state index in [2.05, 4.69) is 21.5 Å². The number of anilines is 2. The Morgan fingerprint density at radius 3 is 2.42 bits per heavy atom. The molecule has 6 N–H and O–H groups in total. The van der Waals surface area contributed by atoms with Crippen LogP contribution in [0.25, 0.3) is 0 Å². The van der Waals surface area contributed by atoms with E-state index in [1.54, 1.807) is 31.4 Å². The van der Waals surface area contributed by atoms with Crippen molar-refractivity contribution in [2.45, 2.75) is 12.3 Å². The van der Waals surface area contributed by atoms with Crippen LogP contribution in [0, 0.1) is 5.92 Å². The largest absolute Gasteiger partial charge is 0.497 e. The zero-order valence-corrected chi connectivity index (χ0v) is 13.3.